The summed E-state index contributed by atoms with van der Waals surface area (Å²) >= 11 is 1.25. The quantitative estimate of drug-likeness (QED) is 0.222. The maximum Gasteiger partial charge on any atom is 0.328 e. The van der Waals surface area contributed by atoms with Crippen LogP contribution in [0.3, 0.4) is 0 Å². The van der Waals surface area contributed by atoms with Crippen LogP contribution in [0.1, 0.15) is 16.5 Å². The van der Waals surface area contributed by atoms with E-state index in [2.05, 4.69) is 9.89 Å². The van der Waals surface area contributed by atoms with E-state index in [0.29, 0.717) is 10.4 Å². The van der Waals surface area contributed by atoms with Gasteiger partial charge < -0.3 is 21.4 Å². The molecule has 0 fully saturated rings. The molecule has 0 amide bonds. The summed E-state index contributed by atoms with van der Waals surface area (Å²) in [5.41, 5.74) is 11.5. The number of nitrogens with zero attached hydrogens (tertiary/aromatic N) is 1. The lowest BCUT2D eigenvalue weighted by Crippen LogP contribution is -2.21. The highest BCUT2D eigenvalue weighted by Crippen LogP contribution is 2.21. The minimum atomic E-state index is -0.833. The van der Waals surface area contributed by atoms with Crippen LogP contribution in [0.5, 0.6) is 0 Å². The summed E-state index contributed by atoms with van der Waals surface area (Å²) in [6, 6.07) is 0.752. The Labute approximate surface area is 90.1 Å². The smallest absolute Gasteiger partial charge is 0.328 e. The van der Waals surface area contributed by atoms with Crippen molar-refractivity contribution in [1.29, 1.82) is 0 Å². The van der Waals surface area contributed by atoms with Gasteiger partial charge in [-0.1, -0.05) is 5.16 Å². The average molecular weight is 229 g/mol. The zero-order chi connectivity index (χ0) is 11.4. The summed E-state index contributed by atoms with van der Waals surface area (Å²) in [6.45, 7) is 0. The van der Waals surface area contributed by atoms with Gasteiger partial charge in [0.05, 0.1) is 7.11 Å². The molecule has 0 bridgehead atoms. The van der Waals surface area contributed by atoms with Crippen molar-refractivity contribution in [3.05, 3.63) is 21.9 Å². The van der Waals surface area contributed by atoms with Crippen molar-refractivity contribution < 1.29 is 14.7 Å². The Morgan fingerprint density at radius 3 is 2.93 bits per heavy atom. The first kappa shape index (κ1) is 11.5. The van der Waals surface area contributed by atoms with Crippen LogP contribution in [-0.4, -0.2) is 24.1 Å². The monoisotopic (exact) mass is 229 g/mol. The SMILES string of the molecule is COC(=O)C(N)c1cc(/C(N)=N\O)cs1. The highest BCUT2D eigenvalue weighted by atomic mass is 32.1. The molecule has 0 spiro atoms. The number of ether oxygens (including phenoxy) is 1. The van der Waals surface area contributed by atoms with Gasteiger partial charge in [0.1, 0.15) is 6.04 Å². The van der Waals surface area contributed by atoms with E-state index in [1.54, 1.807) is 11.4 Å². The molecule has 0 aromatic carbocycles. The molecular weight excluding hydrogens is 218 g/mol. The molecule has 1 unspecified atom stereocenters. The van der Waals surface area contributed by atoms with Gasteiger partial charge in [-0.15, -0.1) is 11.3 Å². The summed E-state index contributed by atoms with van der Waals surface area (Å²) in [7, 11) is 1.26. The third kappa shape index (κ3) is 2.45. The normalized spacial score (nSPS) is 13.6. The maximum absolute atomic E-state index is 11.1. The molecule has 1 rings (SSSR count). The van der Waals surface area contributed by atoms with E-state index < -0.39 is 12.0 Å². The molecule has 6 nitrogen and oxygen atoms in total. The molecule has 0 saturated carbocycles. The topological polar surface area (TPSA) is 111 Å². The molecular formula is C8H11N3O3S. The highest BCUT2D eigenvalue weighted by molar-refractivity contribution is 7.10. The van der Waals surface area contributed by atoms with Crippen molar-refractivity contribution in [3.8, 4) is 0 Å². The predicted octanol–water partition coefficient (Wildman–Crippen LogP) is 0.0154. The molecule has 0 saturated heterocycles. The minimum Gasteiger partial charge on any atom is -0.468 e. The van der Waals surface area contributed by atoms with Gasteiger partial charge in [0, 0.05) is 15.8 Å². The first-order valence-corrected chi connectivity index (χ1v) is 4.87. The van der Waals surface area contributed by atoms with Crippen molar-refractivity contribution in [3.63, 3.8) is 0 Å². The number of oxime groups is 1. The third-order valence-electron chi connectivity index (χ3n) is 1.78. The molecule has 82 valence electrons. The number of hydrogen-bond acceptors (Lipinski definition) is 6. The third-order valence-corrected chi connectivity index (χ3v) is 2.80. The summed E-state index contributed by atoms with van der Waals surface area (Å²) in [5.74, 6) is -0.544. The molecule has 0 radical (unpaired) electrons. The summed E-state index contributed by atoms with van der Waals surface area (Å²) in [5, 5.41) is 12.9. The van der Waals surface area contributed by atoms with Gasteiger partial charge >= 0.3 is 5.97 Å². The Morgan fingerprint density at radius 1 is 1.73 bits per heavy atom. The fraction of sp³-hybridized carbons (Fsp3) is 0.250. The van der Waals surface area contributed by atoms with Crippen LogP contribution in [0, 0.1) is 0 Å². The number of nitrogens with two attached hydrogens (primary N) is 2. The van der Waals surface area contributed by atoms with E-state index in [0.717, 1.165) is 0 Å². The lowest BCUT2D eigenvalue weighted by atomic mass is 10.2. The van der Waals surface area contributed by atoms with Crippen molar-refractivity contribution in [2.75, 3.05) is 7.11 Å². The number of carbonyl (C=O) groups excluding carboxylic acids is 1. The fourth-order valence-corrected chi connectivity index (χ4v) is 1.84. The molecule has 5 N–H and O–H groups in total. The number of thiophene rings is 1. The van der Waals surface area contributed by atoms with Crippen LogP contribution in [0.4, 0.5) is 0 Å². The maximum atomic E-state index is 11.1. The van der Waals surface area contributed by atoms with E-state index in [1.807, 2.05) is 0 Å². The van der Waals surface area contributed by atoms with Crippen LogP contribution >= 0.6 is 11.3 Å². The Bertz CT molecular complexity index is 388. The van der Waals surface area contributed by atoms with E-state index in [1.165, 1.54) is 18.4 Å². The zero-order valence-electron chi connectivity index (χ0n) is 8.01. The van der Waals surface area contributed by atoms with Crippen LogP contribution in [0.2, 0.25) is 0 Å². The summed E-state index contributed by atoms with van der Waals surface area (Å²) in [4.78, 5) is 11.7. The zero-order valence-corrected chi connectivity index (χ0v) is 8.82. The Morgan fingerprint density at radius 2 is 2.40 bits per heavy atom. The van der Waals surface area contributed by atoms with Crippen molar-refractivity contribution >= 4 is 23.1 Å². The lowest BCUT2D eigenvalue weighted by molar-refractivity contribution is -0.142. The van der Waals surface area contributed by atoms with Gasteiger partial charge in [-0.2, -0.15) is 0 Å². The summed E-state index contributed by atoms with van der Waals surface area (Å²) in [6.07, 6.45) is 0. The van der Waals surface area contributed by atoms with Gasteiger partial charge in [0.15, 0.2) is 5.84 Å². The molecule has 1 aromatic rings. The van der Waals surface area contributed by atoms with Crippen molar-refractivity contribution in [2.45, 2.75) is 6.04 Å². The fourth-order valence-electron chi connectivity index (χ4n) is 0.951. The van der Waals surface area contributed by atoms with Gasteiger partial charge in [0.2, 0.25) is 0 Å². The van der Waals surface area contributed by atoms with Gasteiger partial charge in [-0.3, -0.25) is 0 Å². The number of hydrogen-bond donors (Lipinski definition) is 3. The van der Waals surface area contributed by atoms with Crippen LogP contribution in [0.15, 0.2) is 16.6 Å². The molecule has 0 aliphatic heterocycles. The number of rotatable bonds is 3. The number of methoxy groups -OCH3 is 1. The Kier molecular flexibility index (Phi) is 3.64. The molecule has 1 aromatic heterocycles. The van der Waals surface area contributed by atoms with E-state index >= 15 is 0 Å². The highest BCUT2D eigenvalue weighted by Gasteiger charge is 2.18. The first-order valence-electron chi connectivity index (χ1n) is 4.00. The minimum absolute atomic E-state index is 0.0189. The van der Waals surface area contributed by atoms with E-state index in [-0.39, 0.29) is 5.84 Å². The number of amidine groups is 1. The van der Waals surface area contributed by atoms with Crippen LogP contribution in [-0.2, 0) is 9.53 Å². The van der Waals surface area contributed by atoms with Gasteiger partial charge in [-0.05, 0) is 6.07 Å². The number of carbonyl (C=O) groups is 1. The molecule has 1 atom stereocenters. The second-order valence-electron chi connectivity index (χ2n) is 2.72. The van der Waals surface area contributed by atoms with Crippen LogP contribution < -0.4 is 11.5 Å². The molecule has 1 heterocycles. The molecule has 0 aliphatic rings. The first-order chi connectivity index (χ1) is 7.10. The van der Waals surface area contributed by atoms with Crippen molar-refractivity contribution in [2.24, 2.45) is 16.6 Å². The largest absolute Gasteiger partial charge is 0.468 e. The molecule has 15 heavy (non-hydrogen) atoms. The summed E-state index contributed by atoms with van der Waals surface area (Å²) < 4.78 is 4.49. The number of esters is 1. The second-order valence-corrected chi connectivity index (χ2v) is 3.67. The predicted molar refractivity (Wildman–Crippen MR) is 55.8 cm³/mol. The Hall–Kier alpha value is -1.60. The second kappa shape index (κ2) is 4.76. The van der Waals surface area contributed by atoms with Gasteiger partial charge in [0.25, 0.3) is 0 Å². The molecule has 0 aliphatic carbocycles. The molecule has 7 heteroatoms. The van der Waals surface area contributed by atoms with E-state index in [4.69, 9.17) is 16.7 Å². The van der Waals surface area contributed by atoms with E-state index in [9.17, 15) is 4.79 Å². The average Bonchev–Trinajstić information content (AvgIpc) is 2.75. The Balaban J connectivity index is 2.89. The van der Waals surface area contributed by atoms with Gasteiger partial charge in [-0.25, -0.2) is 4.79 Å². The standard InChI is InChI=1S/C8H11N3O3S/c1-14-8(12)6(9)5-2-4(3-15-5)7(10)11-13/h2-3,6,13H,9H2,1H3,(H2,10,11). The lowest BCUT2D eigenvalue weighted by Gasteiger charge is -2.05. The van der Waals surface area contributed by atoms with Crippen LogP contribution in [0.25, 0.3) is 0 Å². The van der Waals surface area contributed by atoms with Crippen molar-refractivity contribution in [1.82, 2.24) is 0 Å².